The molecule has 0 aliphatic carbocycles. The van der Waals surface area contributed by atoms with Gasteiger partial charge < -0.3 is 10.2 Å². The predicted molar refractivity (Wildman–Crippen MR) is 68.1 cm³/mol. The molecule has 0 aromatic heterocycles. The molecule has 1 saturated heterocycles. The number of nitrogens with zero attached hydrogens (tertiary/aromatic N) is 1. The van der Waals surface area contributed by atoms with Crippen LogP contribution in [0.2, 0.25) is 0 Å². The molecule has 0 spiro atoms. The van der Waals surface area contributed by atoms with Gasteiger partial charge in [0.1, 0.15) is 0 Å². The average Bonchev–Trinajstić information content (AvgIpc) is 2.33. The fraction of sp³-hybridized carbons (Fsp3) is 0.571. The van der Waals surface area contributed by atoms with Crippen LogP contribution in [-0.2, 0) is 6.42 Å². The van der Waals surface area contributed by atoms with Crippen LogP contribution in [0, 0.1) is 6.92 Å². The molecule has 0 atom stereocenters. The lowest BCUT2D eigenvalue weighted by atomic mass is 9.99. The Hall–Kier alpha value is -1.04. The van der Waals surface area contributed by atoms with Gasteiger partial charge in [0.2, 0.25) is 5.79 Å². The zero-order valence-electron chi connectivity index (χ0n) is 10.9. The van der Waals surface area contributed by atoms with Crippen molar-refractivity contribution in [2.45, 2.75) is 31.5 Å². The molecule has 0 amide bonds. The largest absolute Gasteiger partial charge is 0.361 e. The fourth-order valence-corrected chi connectivity index (χ4v) is 2.22. The maximum Gasteiger partial charge on any atom is 0.312 e. The molecule has 2 rings (SSSR count). The summed E-state index contributed by atoms with van der Waals surface area (Å²) < 4.78 is 26.9. The SMILES string of the molecule is Cc1ccc(CCN2CCC(O)(O)C(F)(F)C2)cc1. The predicted octanol–water partition coefficient (Wildman–Crippen LogP) is 1.56. The minimum absolute atomic E-state index is 0.272. The van der Waals surface area contributed by atoms with Gasteiger partial charge in [0.25, 0.3) is 0 Å². The van der Waals surface area contributed by atoms with Crippen LogP contribution in [0.3, 0.4) is 0 Å². The van der Waals surface area contributed by atoms with E-state index in [0.717, 1.165) is 5.56 Å². The van der Waals surface area contributed by atoms with Gasteiger partial charge in [-0.15, -0.1) is 0 Å². The molecule has 2 N–H and O–H groups in total. The van der Waals surface area contributed by atoms with Gasteiger partial charge in [-0.05, 0) is 18.9 Å². The Bertz CT molecular complexity index is 432. The number of benzene rings is 1. The molecule has 1 aliphatic rings. The summed E-state index contributed by atoms with van der Waals surface area (Å²) in [7, 11) is 0. The maximum atomic E-state index is 13.5. The van der Waals surface area contributed by atoms with Crippen LogP contribution < -0.4 is 0 Å². The Labute approximate surface area is 111 Å². The molecule has 1 aliphatic heterocycles. The first-order valence-electron chi connectivity index (χ1n) is 6.41. The van der Waals surface area contributed by atoms with E-state index in [9.17, 15) is 19.0 Å². The number of aryl methyl sites for hydroxylation is 1. The van der Waals surface area contributed by atoms with E-state index >= 15 is 0 Å². The Balaban J connectivity index is 1.89. The van der Waals surface area contributed by atoms with Crippen LogP contribution in [0.15, 0.2) is 24.3 Å². The molecule has 0 bridgehead atoms. The molecule has 3 nitrogen and oxygen atoms in total. The average molecular weight is 271 g/mol. The topological polar surface area (TPSA) is 43.7 Å². The summed E-state index contributed by atoms with van der Waals surface area (Å²) >= 11 is 0. The van der Waals surface area contributed by atoms with E-state index in [1.165, 1.54) is 5.56 Å². The van der Waals surface area contributed by atoms with Gasteiger partial charge in [-0.2, -0.15) is 8.78 Å². The van der Waals surface area contributed by atoms with Crippen LogP contribution in [0.1, 0.15) is 17.5 Å². The van der Waals surface area contributed by atoms with Gasteiger partial charge in [0.15, 0.2) is 0 Å². The zero-order valence-corrected chi connectivity index (χ0v) is 10.9. The monoisotopic (exact) mass is 271 g/mol. The second-order valence-corrected chi connectivity index (χ2v) is 5.28. The second-order valence-electron chi connectivity index (χ2n) is 5.28. The highest BCUT2D eigenvalue weighted by Crippen LogP contribution is 2.34. The molecule has 1 heterocycles. The Morgan fingerprint density at radius 3 is 2.42 bits per heavy atom. The van der Waals surface area contributed by atoms with Crippen molar-refractivity contribution in [1.82, 2.24) is 4.90 Å². The van der Waals surface area contributed by atoms with E-state index in [2.05, 4.69) is 0 Å². The van der Waals surface area contributed by atoms with Crippen molar-refractivity contribution in [2.24, 2.45) is 0 Å². The smallest absolute Gasteiger partial charge is 0.312 e. The van der Waals surface area contributed by atoms with E-state index in [1.807, 2.05) is 31.2 Å². The summed E-state index contributed by atoms with van der Waals surface area (Å²) in [6.45, 7) is 2.16. The molecular formula is C14H19F2NO2. The lowest BCUT2D eigenvalue weighted by molar-refractivity contribution is -0.317. The zero-order chi connectivity index (χ0) is 14.1. The summed E-state index contributed by atoms with van der Waals surface area (Å²) in [5.41, 5.74) is 2.26. The van der Waals surface area contributed by atoms with Crippen LogP contribution in [0.4, 0.5) is 8.78 Å². The van der Waals surface area contributed by atoms with E-state index in [4.69, 9.17) is 0 Å². The summed E-state index contributed by atoms with van der Waals surface area (Å²) in [6.07, 6.45) is 0.355. The molecule has 19 heavy (non-hydrogen) atoms. The number of alkyl halides is 2. The van der Waals surface area contributed by atoms with Crippen molar-refractivity contribution in [3.8, 4) is 0 Å². The van der Waals surface area contributed by atoms with Gasteiger partial charge in [-0.1, -0.05) is 29.8 Å². The van der Waals surface area contributed by atoms with E-state index < -0.39 is 18.3 Å². The van der Waals surface area contributed by atoms with Gasteiger partial charge in [-0.3, -0.25) is 4.90 Å². The first-order chi connectivity index (χ1) is 8.80. The van der Waals surface area contributed by atoms with Crippen LogP contribution >= 0.6 is 0 Å². The van der Waals surface area contributed by atoms with Crippen molar-refractivity contribution in [2.75, 3.05) is 19.6 Å². The first-order valence-corrected chi connectivity index (χ1v) is 6.41. The van der Waals surface area contributed by atoms with Crippen LogP contribution in [-0.4, -0.2) is 46.5 Å². The number of hydrogen-bond donors (Lipinski definition) is 2. The number of likely N-dealkylation sites (tertiary alicyclic amines) is 1. The Morgan fingerprint density at radius 1 is 1.21 bits per heavy atom. The van der Waals surface area contributed by atoms with Crippen molar-refractivity contribution < 1.29 is 19.0 Å². The molecule has 0 saturated carbocycles. The molecule has 0 unspecified atom stereocenters. The van der Waals surface area contributed by atoms with Crippen molar-refractivity contribution in [1.29, 1.82) is 0 Å². The second kappa shape index (κ2) is 5.15. The number of hydrogen-bond acceptors (Lipinski definition) is 3. The lowest BCUT2D eigenvalue weighted by Crippen LogP contribution is -2.60. The van der Waals surface area contributed by atoms with Crippen LogP contribution in [0.25, 0.3) is 0 Å². The van der Waals surface area contributed by atoms with Gasteiger partial charge >= 0.3 is 5.92 Å². The summed E-state index contributed by atoms with van der Waals surface area (Å²) in [5, 5.41) is 18.4. The van der Waals surface area contributed by atoms with E-state index in [-0.39, 0.29) is 13.0 Å². The van der Waals surface area contributed by atoms with Gasteiger partial charge in [0, 0.05) is 19.5 Å². The highest BCUT2D eigenvalue weighted by Gasteiger charge is 2.55. The molecule has 0 radical (unpaired) electrons. The fourth-order valence-electron chi connectivity index (χ4n) is 2.22. The molecule has 1 aromatic carbocycles. The molecule has 106 valence electrons. The normalized spacial score (nSPS) is 22.4. The Kier molecular flexibility index (Phi) is 3.90. The third-order valence-electron chi connectivity index (χ3n) is 3.62. The van der Waals surface area contributed by atoms with Crippen LogP contribution in [0.5, 0.6) is 0 Å². The third kappa shape index (κ3) is 3.29. The lowest BCUT2D eigenvalue weighted by Gasteiger charge is -2.40. The molecule has 1 aromatic rings. The highest BCUT2D eigenvalue weighted by molar-refractivity contribution is 5.21. The number of piperidine rings is 1. The number of aliphatic hydroxyl groups is 2. The Morgan fingerprint density at radius 2 is 1.84 bits per heavy atom. The summed E-state index contributed by atoms with van der Waals surface area (Å²) in [6, 6.07) is 7.96. The van der Waals surface area contributed by atoms with Crippen molar-refractivity contribution >= 4 is 0 Å². The third-order valence-corrected chi connectivity index (χ3v) is 3.62. The minimum Gasteiger partial charge on any atom is -0.361 e. The standard InChI is InChI=1S/C14H19F2NO2/c1-11-2-4-12(5-3-11)6-8-17-9-7-14(18,19)13(15,16)10-17/h2-5,18-19H,6-10H2,1H3. The summed E-state index contributed by atoms with van der Waals surface area (Å²) in [5.74, 6) is -6.34. The van der Waals surface area contributed by atoms with Crippen molar-refractivity contribution in [3.05, 3.63) is 35.4 Å². The molecular weight excluding hydrogens is 252 g/mol. The minimum atomic E-state index is -3.47. The molecule has 5 heteroatoms. The first kappa shape index (κ1) is 14.4. The van der Waals surface area contributed by atoms with Crippen molar-refractivity contribution in [3.63, 3.8) is 0 Å². The van der Waals surface area contributed by atoms with Gasteiger partial charge in [0.05, 0.1) is 6.54 Å². The quantitative estimate of drug-likeness (QED) is 0.820. The summed E-state index contributed by atoms with van der Waals surface area (Å²) in [4.78, 5) is 1.57. The maximum absolute atomic E-state index is 13.5. The number of rotatable bonds is 3. The van der Waals surface area contributed by atoms with E-state index in [1.54, 1.807) is 4.90 Å². The van der Waals surface area contributed by atoms with Gasteiger partial charge in [-0.25, -0.2) is 0 Å². The highest BCUT2D eigenvalue weighted by atomic mass is 19.3. The number of halogens is 2. The molecule has 1 fully saturated rings. The van der Waals surface area contributed by atoms with E-state index in [0.29, 0.717) is 13.0 Å².